The Morgan fingerprint density at radius 1 is 1.44 bits per heavy atom. The fraction of sp³-hybridized carbons (Fsp3) is 0.733. The van der Waals surface area contributed by atoms with E-state index in [0.717, 1.165) is 38.5 Å². The zero-order chi connectivity index (χ0) is 13.4. The van der Waals surface area contributed by atoms with E-state index in [2.05, 4.69) is 18.8 Å². The van der Waals surface area contributed by atoms with Crippen LogP contribution in [-0.2, 0) is 14.3 Å². The summed E-state index contributed by atoms with van der Waals surface area (Å²) in [6.45, 7) is 4.18. The van der Waals surface area contributed by atoms with Gasteiger partial charge in [0.25, 0.3) is 0 Å². The Bertz CT molecular complexity index is 362. The third kappa shape index (κ3) is 4.52. The zero-order valence-electron chi connectivity index (χ0n) is 11.4. The lowest BCUT2D eigenvalue weighted by Crippen LogP contribution is -2.30. The second-order valence-electron chi connectivity index (χ2n) is 5.07. The van der Waals surface area contributed by atoms with E-state index in [4.69, 9.17) is 4.74 Å². The maximum atomic E-state index is 11.9. The van der Waals surface area contributed by atoms with Gasteiger partial charge in [0, 0.05) is 24.2 Å². The summed E-state index contributed by atoms with van der Waals surface area (Å²) in [5.74, 6) is 5.19. The van der Waals surface area contributed by atoms with Crippen molar-refractivity contribution >= 4 is 11.8 Å². The van der Waals surface area contributed by atoms with Gasteiger partial charge in [-0.2, -0.15) is 0 Å². The maximum absolute atomic E-state index is 11.9. The van der Waals surface area contributed by atoms with Crippen molar-refractivity contribution in [3.05, 3.63) is 0 Å². The number of ether oxygens (including phenoxy) is 1. The molecule has 0 bridgehead atoms. The van der Waals surface area contributed by atoms with Crippen LogP contribution < -0.4 is 0 Å². The first-order valence-electron chi connectivity index (χ1n) is 6.77. The summed E-state index contributed by atoms with van der Waals surface area (Å²) in [6, 6.07) is 0. The maximum Gasteiger partial charge on any atom is 0.384 e. The summed E-state index contributed by atoms with van der Waals surface area (Å²) in [6.07, 6.45) is 6.32. The van der Waals surface area contributed by atoms with Crippen molar-refractivity contribution in [1.82, 2.24) is 0 Å². The van der Waals surface area contributed by atoms with Crippen molar-refractivity contribution in [1.29, 1.82) is 0 Å². The number of esters is 1. The van der Waals surface area contributed by atoms with Crippen LogP contribution in [0.25, 0.3) is 0 Å². The second kappa shape index (κ2) is 7.20. The summed E-state index contributed by atoms with van der Waals surface area (Å²) in [7, 11) is 0. The van der Waals surface area contributed by atoms with Crippen molar-refractivity contribution < 1.29 is 14.3 Å². The van der Waals surface area contributed by atoms with Crippen LogP contribution in [0.15, 0.2) is 0 Å². The van der Waals surface area contributed by atoms with E-state index in [1.165, 1.54) is 0 Å². The van der Waals surface area contributed by atoms with E-state index in [9.17, 15) is 9.59 Å². The van der Waals surface area contributed by atoms with Gasteiger partial charge < -0.3 is 4.74 Å². The van der Waals surface area contributed by atoms with E-state index in [1.807, 2.05) is 0 Å². The van der Waals surface area contributed by atoms with Gasteiger partial charge in [0.05, 0.1) is 6.61 Å². The van der Waals surface area contributed by atoms with E-state index < -0.39 is 5.97 Å². The van der Waals surface area contributed by atoms with Crippen molar-refractivity contribution in [3.63, 3.8) is 0 Å². The van der Waals surface area contributed by atoms with Crippen LogP contribution in [-0.4, -0.2) is 18.4 Å². The molecule has 1 aliphatic rings. The van der Waals surface area contributed by atoms with Gasteiger partial charge in [0.1, 0.15) is 5.78 Å². The molecule has 1 atom stereocenters. The normalized spacial score (nSPS) is 23.1. The lowest BCUT2D eigenvalue weighted by molar-refractivity contribution is -0.136. The molecule has 0 unspecified atom stereocenters. The first kappa shape index (κ1) is 14.8. The molecule has 0 aromatic carbocycles. The average Bonchev–Trinajstić information content (AvgIpc) is 2.33. The van der Waals surface area contributed by atoms with Crippen molar-refractivity contribution in [2.75, 3.05) is 6.61 Å². The highest BCUT2D eigenvalue weighted by Crippen LogP contribution is 2.37. The number of carbonyl (C=O) groups is 2. The fourth-order valence-electron chi connectivity index (χ4n) is 2.38. The number of ketones is 1. The van der Waals surface area contributed by atoms with Gasteiger partial charge in [-0.1, -0.05) is 19.3 Å². The van der Waals surface area contributed by atoms with Crippen LogP contribution >= 0.6 is 0 Å². The zero-order valence-corrected chi connectivity index (χ0v) is 11.4. The summed E-state index contributed by atoms with van der Waals surface area (Å²) in [5.41, 5.74) is -0.149. The van der Waals surface area contributed by atoms with Crippen LogP contribution in [0, 0.1) is 17.3 Å². The average molecular weight is 250 g/mol. The number of rotatable bonds is 4. The van der Waals surface area contributed by atoms with Crippen molar-refractivity contribution in [2.45, 2.75) is 58.8 Å². The Morgan fingerprint density at radius 2 is 2.22 bits per heavy atom. The van der Waals surface area contributed by atoms with Gasteiger partial charge in [-0.3, -0.25) is 4.79 Å². The van der Waals surface area contributed by atoms with E-state index in [0.29, 0.717) is 18.8 Å². The molecule has 3 nitrogen and oxygen atoms in total. The number of unbranched alkanes of at least 4 members (excludes halogenated alkanes) is 1. The predicted octanol–water partition coefficient (Wildman–Crippen LogP) is 2.87. The summed E-state index contributed by atoms with van der Waals surface area (Å²) in [5, 5.41) is 0. The fourth-order valence-corrected chi connectivity index (χ4v) is 2.38. The van der Waals surface area contributed by atoms with Gasteiger partial charge in [-0.25, -0.2) is 4.79 Å². The van der Waals surface area contributed by atoms with Crippen LogP contribution in [0.3, 0.4) is 0 Å². The number of Topliss-reactive ketones (excluding diaryl/α,β-unsaturated/α-hetero) is 1. The smallest absolute Gasteiger partial charge is 0.384 e. The summed E-state index contributed by atoms with van der Waals surface area (Å²) >= 11 is 0. The van der Waals surface area contributed by atoms with E-state index in [1.54, 1.807) is 6.92 Å². The molecule has 0 aromatic heterocycles. The Kier molecular flexibility index (Phi) is 5.91. The molecule has 18 heavy (non-hydrogen) atoms. The van der Waals surface area contributed by atoms with Gasteiger partial charge >= 0.3 is 5.97 Å². The molecule has 1 fully saturated rings. The molecule has 0 aromatic rings. The number of hydrogen-bond donors (Lipinski definition) is 0. The van der Waals surface area contributed by atoms with Crippen molar-refractivity contribution in [2.24, 2.45) is 5.41 Å². The van der Waals surface area contributed by atoms with Crippen LogP contribution in [0.1, 0.15) is 58.8 Å². The number of carbonyl (C=O) groups excluding carboxylic acids is 2. The molecule has 1 rings (SSSR count). The molecule has 100 valence electrons. The minimum absolute atomic E-state index is 0.149. The minimum atomic E-state index is -0.461. The van der Waals surface area contributed by atoms with Crippen molar-refractivity contribution in [3.8, 4) is 11.8 Å². The molecule has 0 heterocycles. The molecule has 0 saturated heterocycles. The monoisotopic (exact) mass is 250 g/mol. The quantitative estimate of drug-likeness (QED) is 0.333. The molecule has 1 saturated carbocycles. The molecule has 0 radical (unpaired) electrons. The number of hydrogen-bond acceptors (Lipinski definition) is 3. The summed E-state index contributed by atoms with van der Waals surface area (Å²) in [4.78, 5) is 22.8. The van der Waals surface area contributed by atoms with Crippen LogP contribution in [0.4, 0.5) is 0 Å². The Morgan fingerprint density at radius 3 is 2.89 bits per heavy atom. The highest BCUT2D eigenvalue weighted by atomic mass is 16.5. The molecule has 1 aliphatic carbocycles. The van der Waals surface area contributed by atoms with Gasteiger partial charge in [-0.15, -0.1) is 0 Å². The molecule has 3 heteroatoms. The lowest BCUT2D eigenvalue weighted by Gasteiger charge is -2.31. The molecule has 0 spiro atoms. The Hall–Kier alpha value is -1.30. The molecule has 0 aliphatic heterocycles. The highest BCUT2D eigenvalue weighted by molar-refractivity contribution is 5.88. The predicted molar refractivity (Wildman–Crippen MR) is 69.8 cm³/mol. The Balaban J connectivity index is 2.28. The molecular weight excluding hydrogens is 228 g/mol. The van der Waals surface area contributed by atoms with Gasteiger partial charge in [0.2, 0.25) is 0 Å². The SMILES string of the molecule is CCOC(=O)C#CCCC[C@]1(C)CCCCC1=O. The lowest BCUT2D eigenvalue weighted by atomic mass is 9.71. The van der Waals surface area contributed by atoms with Crippen LogP contribution in [0.5, 0.6) is 0 Å². The molecule has 0 N–H and O–H groups in total. The molecule has 0 amide bonds. The minimum Gasteiger partial charge on any atom is -0.456 e. The molecular formula is C15H22O3. The van der Waals surface area contributed by atoms with Gasteiger partial charge in [-0.05, 0) is 32.6 Å². The van der Waals surface area contributed by atoms with Crippen LogP contribution in [0.2, 0.25) is 0 Å². The van der Waals surface area contributed by atoms with E-state index >= 15 is 0 Å². The third-order valence-corrected chi connectivity index (χ3v) is 3.55. The second-order valence-corrected chi connectivity index (χ2v) is 5.07. The first-order valence-corrected chi connectivity index (χ1v) is 6.77. The topological polar surface area (TPSA) is 43.4 Å². The standard InChI is InChI=1S/C15H22O3/c1-3-18-14(17)10-5-4-7-11-15(2)12-8-6-9-13(15)16/h3-4,6-9,11-12H2,1-2H3/t15-/m1/s1. The Labute approximate surface area is 109 Å². The third-order valence-electron chi connectivity index (χ3n) is 3.55. The first-order chi connectivity index (χ1) is 8.58. The van der Waals surface area contributed by atoms with Gasteiger partial charge in [0.15, 0.2) is 0 Å². The van der Waals surface area contributed by atoms with E-state index in [-0.39, 0.29) is 5.41 Å². The largest absolute Gasteiger partial charge is 0.456 e. The summed E-state index contributed by atoms with van der Waals surface area (Å²) < 4.78 is 4.71. The highest BCUT2D eigenvalue weighted by Gasteiger charge is 2.33.